The summed E-state index contributed by atoms with van der Waals surface area (Å²) in [5.41, 5.74) is 4.77. The summed E-state index contributed by atoms with van der Waals surface area (Å²) in [6, 6.07) is 0. The number of amides is 1. The number of carboxylic acid groups (broad SMARTS) is 1. The van der Waals surface area contributed by atoms with Crippen LogP contribution in [0.3, 0.4) is 0 Å². The average Bonchev–Trinajstić information content (AvgIpc) is 1.81. The van der Waals surface area contributed by atoms with Crippen molar-refractivity contribution in [3.63, 3.8) is 0 Å². The Morgan fingerprint density at radius 1 is 1.70 bits per heavy atom. The Hall–Kier alpha value is -1.10. The van der Waals surface area contributed by atoms with Crippen LogP contribution in [0.1, 0.15) is 6.42 Å². The molecule has 58 valence electrons. The van der Waals surface area contributed by atoms with Crippen LogP contribution in [0.5, 0.6) is 0 Å². The van der Waals surface area contributed by atoms with Crippen molar-refractivity contribution in [2.24, 2.45) is 5.73 Å². The first-order valence-electron chi connectivity index (χ1n) is 2.61. The Bertz CT molecular complexity index is 145. The third-order valence-electron chi connectivity index (χ3n) is 0.962. The van der Waals surface area contributed by atoms with Gasteiger partial charge in [-0.3, -0.25) is 9.59 Å². The quantitative estimate of drug-likeness (QED) is 0.531. The Labute approximate surface area is 57.8 Å². The Morgan fingerprint density at radius 3 is 2.30 bits per heavy atom. The SMILES string of the molecule is COC(CC(=O)O)C(N)=O. The van der Waals surface area contributed by atoms with Crippen LogP contribution in [0.4, 0.5) is 0 Å². The van der Waals surface area contributed by atoms with Gasteiger partial charge in [0.2, 0.25) is 5.91 Å². The van der Waals surface area contributed by atoms with Crippen molar-refractivity contribution in [1.29, 1.82) is 0 Å². The van der Waals surface area contributed by atoms with Crippen LogP contribution in [0.15, 0.2) is 0 Å². The summed E-state index contributed by atoms with van der Waals surface area (Å²) in [5, 5.41) is 8.18. The number of carboxylic acids is 1. The van der Waals surface area contributed by atoms with Gasteiger partial charge < -0.3 is 15.6 Å². The number of rotatable bonds is 4. The van der Waals surface area contributed by atoms with Gasteiger partial charge in [-0.1, -0.05) is 0 Å². The molecule has 0 aromatic heterocycles. The normalized spacial score (nSPS) is 12.5. The van der Waals surface area contributed by atoms with Crippen molar-refractivity contribution >= 4 is 11.9 Å². The summed E-state index contributed by atoms with van der Waals surface area (Å²) in [6.45, 7) is 0. The minimum absolute atomic E-state index is 0.383. The molecule has 0 radical (unpaired) electrons. The molecule has 5 heteroatoms. The van der Waals surface area contributed by atoms with Crippen molar-refractivity contribution < 1.29 is 19.4 Å². The third kappa shape index (κ3) is 3.03. The summed E-state index contributed by atoms with van der Waals surface area (Å²) in [7, 11) is 1.23. The van der Waals surface area contributed by atoms with Crippen molar-refractivity contribution in [3.05, 3.63) is 0 Å². The molecule has 0 aliphatic rings. The summed E-state index contributed by atoms with van der Waals surface area (Å²) in [4.78, 5) is 20.3. The minimum atomic E-state index is -1.11. The van der Waals surface area contributed by atoms with Crippen molar-refractivity contribution in [2.75, 3.05) is 7.11 Å². The van der Waals surface area contributed by atoms with Crippen LogP contribution >= 0.6 is 0 Å². The summed E-state index contributed by atoms with van der Waals surface area (Å²) >= 11 is 0. The second-order valence-electron chi connectivity index (χ2n) is 1.72. The van der Waals surface area contributed by atoms with Gasteiger partial charge in [-0.05, 0) is 0 Å². The molecule has 0 saturated heterocycles. The van der Waals surface area contributed by atoms with Crippen LogP contribution in [0.2, 0.25) is 0 Å². The molecule has 0 aliphatic heterocycles. The first-order chi connectivity index (χ1) is 4.57. The highest BCUT2D eigenvalue weighted by Gasteiger charge is 2.17. The fraction of sp³-hybridized carbons (Fsp3) is 0.600. The highest BCUT2D eigenvalue weighted by atomic mass is 16.5. The number of methoxy groups -OCH3 is 1. The minimum Gasteiger partial charge on any atom is -0.481 e. The van der Waals surface area contributed by atoms with Crippen molar-refractivity contribution in [3.8, 4) is 0 Å². The Morgan fingerprint density at radius 2 is 2.20 bits per heavy atom. The lowest BCUT2D eigenvalue weighted by Crippen LogP contribution is -2.32. The number of nitrogens with two attached hydrogens (primary N) is 1. The zero-order valence-corrected chi connectivity index (χ0v) is 5.53. The number of carbonyl (C=O) groups is 2. The van der Waals surface area contributed by atoms with E-state index in [1.54, 1.807) is 0 Å². The molecule has 1 unspecified atom stereocenters. The van der Waals surface area contributed by atoms with E-state index in [0.29, 0.717) is 0 Å². The van der Waals surface area contributed by atoms with E-state index < -0.39 is 18.0 Å². The predicted octanol–water partition coefficient (Wildman–Crippen LogP) is -1.04. The molecule has 0 aromatic carbocycles. The van der Waals surface area contributed by atoms with E-state index in [2.05, 4.69) is 4.74 Å². The molecule has 0 fully saturated rings. The maximum atomic E-state index is 10.3. The second-order valence-corrected chi connectivity index (χ2v) is 1.72. The van der Waals surface area contributed by atoms with E-state index in [1.807, 2.05) is 0 Å². The number of carbonyl (C=O) groups excluding carboxylic acids is 1. The molecule has 3 N–H and O–H groups in total. The van der Waals surface area contributed by atoms with Gasteiger partial charge >= 0.3 is 5.97 Å². The fourth-order valence-electron chi connectivity index (χ4n) is 0.459. The van der Waals surface area contributed by atoms with Gasteiger partial charge in [0.05, 0.1) is 6.42 Å². The zero-order valence-electron chi connectivity index (χ0n) is 5.53. The average molecular weight is 147 g/mol. The van der Waals surface area contributed by atoms with Gasteiger partial charge in [0.1, 0.15) is 6.10 Å². The lowest BCUT2D eigenvalue weighted by atomic mass is 10.2. The van der Waals surface area contributed by atoms with Gasteiger partial charge in [-0.15, -0.1) is 0 Å². The Balaban J connectivity index is 3.83. The fourth-order valence-corrected chi connectivity index (χ4v) is 0.459. The largest absolute Gasteiger partial charge is 0.481 e. The molecule has 1 amide bonds. The van der Waals surface area contributed by atoms with Gasteiger partial charge in [0.15, 0.2) is 0 Å². The summed E-state index contributed by atoms with van der Waals surface area (Å²) < 4.78 is 4.47. The van der Waals surface area contributed by atoms with Crippen LogP contribution in [0.25, 0.3) is 0 Å². The van der Waals surface area contributed by atoms with Gasteiger partial charge in [0.25, 0.3) is 0 Å². The second kappa shape index (κ2) is 3.84. The first kappa shape index (κ1) is 8.90. The molecule has 0 heterocycles. The van der Waals surface area contributed by atoms with Crippen LogP contribution in [0, 0.1) is 0 Å². The highest BCUT2D eigenvalue weighted by Crippen LogP contribution is 1.94. The van der Waals surface area contributed by atoms with Gasteiger partial charge in [-0.25, -0.2) is 0 Å². The van der Waals surface area contributed by atoms with E-state index in [-0.39, 0.29) is 6.42 Å². The van der Waals surface area contributed by atoms with E-state index in [9.17, 15) is 9.59 Å². The molecule has 0 spiro atoms. The lowest BCUT2D eigenvalue weighted by molar-refractivity contribution is -0.144. The number of primary amides is 1. The van der Waals surface area contributed by atoms with E-state index in [1.165, 1.54) is 7.11 Å². The molecule has 0 rings (SSSR count). The van der Waals surface area contributed by atoms with Crippen LogP contribution < -0.4 is 5.73 Å². The molecule has 10 heavy (non-hydrogen) atoms. The van der Waals surface area contributed by atoms with Crippen LogP contribution in [-0.4, -0.2) is 30.2 Å². The molecule has 0 bridgehead atoms. The maximum absolute atomic E-state index is 10.3. The van der Waals surface area contributed by atoms with E-state index in [4.69, 9.17) is 10.8 Å². The van der Waals surface area contributed by atoms with Crippen molar-refractivity contribution in [2.45, 2.75) is 12.5 Å². The van der Waals surface area contributed by atoms with E-state index in [0.717, 1.165) is 0 Å². The topological polar surface area (TPSA) is 89.6 Å². The summed E-state index contributed by atoms with van der Waals surface area (Å²) in [6.07, 6.45) is -1.40. The van der Waals surface area contributed by atoms with Crippen molar-refractivity contribution in [1.82, 2.24) is 0 Å². The Kier molecular flexibility index (Phi) is 3.42. The van der Waals surface area contributed by atoms with Crippen LogP contribution in [-0.2, 0) is 14.3 Å². The number of hydrogen-bond acceptors (Lipinski definition) is 3. The zero-order chi connectivity index (χ0) is 8.15. The molecular weight excluding hydrogens is 138 g/mol. The maximum Gasteiger partial charge on any atom is 0.306 e. The monoisotopic (exact) mass is 147 g/mol. The third-order valence-corrected chi connectivity index (χ3v) is 0.962. The van der Waals surface area contributed by atoms with Gasteiger partial charge in [-0.2, -0.15) is 0 Å². The highest BCUT2D eigenvalue weighted by molar-refractivity contribution is 5.83. The first-order valence-corrected chi connectivity index (χ1v) is 2.61. The molecule has 0 saturated carbocycles. The molecular formula is C5H9NO4. The molecule has 0 aromatic rings. The molecule has 5 nitrogen and oxygen atoms in total. The smallest absolute Gasteiger partial charge is 0.306 e. The molecule has 0 aliphatic carbocycles. The number of aliphatic carboxylic acids is 1. The summed E-state index contributed by atoms with van der Waals surface area (Å²) in [5.74, 6) is -1.87. The predicted molar refractivity (Wildman–Crippen MR) is 32.2 cm³/mol. The standard InChI is InChI=1S/C5H9NO4/c1-10-3(5(6)9)2-4(7)8/h3H,2H2,1H3,(H2,6,9)(H,7,8). The number of hydrogen-bond donors (Lipinski definition) is 2. The molecule has 1 atom stereocenters. The number of ether oxygens (including phenoxy) is 1. The lowest BCUT2D eigenvalue weighted by Gasteiger charge is -2.06. The van der Waals surface area contributed by atoms with Gasteiger partial charge in [0, 0.05) is 7.11 Å². The van der Waals surface area contributed by atoms with E-state index >= 15 is 0 Å².